The van der Waals surface area contributed by atoms with Gasteiger partial charge in [0.15, 0.2) is 0 Å². The van der Waals surface area contributed by atoms with Crippen molar-refractivity contribution in [3.8, 4) is 0 Å². The number of carbonyl (C=O) groups is 2. The third kappa shape index (κ3) is 5.07. The standard InChI is InChI=1S/C14H26N2O4S/c1-13(2,3)20-12(18)16-8-5-14(11-17,6-9-16)21(19)10-7-15-4/h11,15H,5-10H2,1-4H3. The van der Waals surface area contributed by atoms with E-state index in [2.05, 4.69) is 5.32 Å². The molecule has 0 aromatic heterocycles. The van der Waals surface area contributed by atoms with Gasteiger partial charge in [-0.1, -0.05) is 0 Å². The summed E-state index contributed by atoms with van der Waals surface area (Å²) in [4.78, 5) is 25.0. The molecular formula is C14H26N2O4S. The van der Waals surface area contributed by atoms with Crippen molar-refractivity contribution in [2.24, 2.45) is 0 Å². The monoisotopic (exact) mass is 318 g/mol. The number of aldehydes is 1. The van der Waals surface area contributed by atoms with Gasteiger partial charge in [0.2, 0.25) is 0 Å². The van der Waals surface area contributed by atoms with E-state index < -0.39 is 21.1 Å². The van der Waals surface area contributed by atoms with E-state index in [1.807, 2.05) is 20.8 Å². The predicted molar refractivity (Wildman–Crippen MR) is 82.8 cm³/mol. The minimum Gasteiger partial charge on any atom is -0.444 e. The van der Waals surface area contributed by atoms with Gasteiger partial charge < -0.3 is 19.7 Å². The van der Waals surface area contributed by atoms with E-state index in [1.54, 1.807) is 11.9 Å². The van der Waals surface area contributed by atoms with Crippen LogP contribution >= 0.6 is 0 Å². The maximum atomic E-state index is 12.3. The van der Waals surface area contributed by atoms with Gasteiger partial charge in [-0.05, 0) is 40.7 Å². The van der Waals surface area contributed by atoms with E-state index in [9.17, 15) is 13.8 Å². The topological polar surface area (TPSA) is 75.7 Å². The van der Waals surface area contributed by atoms with Crippen LogP contribution in [0.2, 0.25) is 0 Å². The fourth-order valence-corrected chi connectivity index (χ4v) is 3.73. The van der Waals surface area contributed by atoms with E-state index in [0.29, 0.717) is 38.2 Å². The molecule has 0 aliphatic carbocycles. The van der Waals surface area contributed by atoms with Gasteiger partial charge in [0, 0.05) is 36.2 Å². The van der Waals surface area contributed by atoms with E-state index in [4.69, 9.17) is 4.74 Å². The third-order valence-electron chi connectivity index (χ3n) is 3.47. The third-order valence-corrected chi connectivity index (χ3v) is 5.45. The molecule has 1 aliphatic heterocycles. The molecule has 1 fully saturated rings. The lowest BCUT2D eigenvalue weighted by atomic mass is 9.97. The van der Waals surface area contributed by atoms with Crippen LogP contribution in [0.4, 0.5) is 4.79 Å². The highest BCUT2D eigenvalue weighted by Gasteiger charge is 2.41. The summed E-state index contributed by atoms with van der Waals surface area (Å²) in [5, 5.41) is 2.94. The highest BCUT2D eigenvalue weighted by atomic mass is 32.2. The molecule has 0 saturated carbocycles. The summed E-state index contributed by atoms with van der Waals surface area (Å²) in [6.07, 6.45) is 1.28. The first-order chi connectivity index (χ1) is 9.74. The summed E-state index contributed by atoms with van der Waals surface area (Å²) < 4.78 is 16.8. The molecule has 0 aromatic rings. The number of hydrogen-bond acceptors (Lipinski definition) is 5. The molecule has 1 aliphatic rings. The Morgan fingerprint density at radius 1 is 1.38 bits per heavy atom. The number of hydrogen-bond donors (Lipinski definition) is 1. The number of nitrogens with one attached hydrogen (secondary N) is 1. The zero-order chi connectivity index (χ0) is 16.1. The maximum Gasteiger partial charge on any atom is 0.410 e. The van der Waals surface area contributed by atoms with Crippen LogP contribution in [0.5, 0.6) is 0 Å². The number of piperidine rings is 1. The maximum absolute atomic E-state index is 12.3. The van der Waals surface area contributed by atoms with Crippen LogP contribution in [0, 0.1) is 0 Å². The van der Waals surface area contributed by atoms with E-state index in [0.717, 1.165) is 6.29 Å². The van der Waals surface area contributed by atoms with Crippen molar-refractivity contribution in [2.75, 3.05) is 32.4 Å². The molecule has 1 rings (SSSR count). The van der Waals surface area contributed by atoms with E-state index >= 15 is 0 Å². The Balaban J connectivity index is 2.61. The predicted octanol–water partition coefficient (Wildman–Crippen LogP) is 0.923. The smallest absolute Gasteiger partial charge is 0.410 e. The Bertz CT molecular complexity index is 398. The Kier molecular flexibility index (Phi) is 6.34. The fourth-order valence-electron chi connectivity index (χ4n) is 2.19. The lowest BCUT2D eigenvalue weighted by Crippen LogP contribution is -2.51. The van der Waals surface area contributed by atoms with Crippen LogP contribution in [0.3, 0.4) is 0 Å². The molecule has 6 nitrogen and oxygen atoms in total. The second-order valence-corrected chi connectivity index (χ2v) is 8.22. The molecule has 7 heteroatoms. The summed E-state index contributed by atoms with van der Waals surface area (Å²) in [6.45, 7) is 6.86. The van der Waals surface area contributed by atoms with Crippen molar-refractivity contribution in [3.63, 3.8) is 0 Å². The van der Waals surface area contributed by atoms with Crippen LogP contribution in [0.25, 0.3) is 0 Å². The van der Waals surface area contributed by atoms with Crippen molar-refractivity contribution in [1.29, 1.82) is 0 Å². The summed E-state index contributed by atoms with van der Waals surface area (Å²) in [5.74, 6) is 0.446. The Morgan fingerprint density at radius 3 is 2.38 bits per heavy atom. The first-order valence-corrected chi connectivity index (χ1v) is 8.53. The molecule has 1 heterocycles. The molecule has 1 amide bonds. The number of likely N-dealkylation sites (tertiary alicyclic amines) is 1. The average molecular weight is 318 g/mol. The first kappa shape index (κ1) is 18.1. The number of amides is 1. The van der Waals surface area contributed by atoms with Crippen LogP contribution in [-0.2, 0) is 20.3 Å². The van der Waals surface area contributed by atoms with Gasteiger partial charge in [-0.2, -0.15) is 0 Å². The van der Waals surface area contributed by atoms with Crippen molar-refractivity contribution < 1.29 is 18.5 Å². The fraction of sp³-hybridized carbons (Fsp3) is 0.857. The summed E-state index contributed by atoms with van der Waals surface area (Å²) in [5.41, 5.74) is -0.536. The van der Waals surface area contributed by atoms with E-state index in [1.165, 1.54) is 0 Å². The molecule has 0 radical (unpaired) electrons. The second-order valence-electron chi connectivity index (χ2n) is 6.30. The van der Waals surface area contributed by atoms with Gasteiger partial charge in [-0.3, -0.25) is 4.21 Å². The molecule has 21 heavy (non-hydrogen) atoms. The molecule has 122 valence electrons. The second kappa shape index (κ2) is 7.35. The Hall–Kier alpha value is -0.950. The minimum atomic E-state index is -1.22. The summed E-state index contributed by atoms with van der Waals surface area (Å²) in [6, 6.07) is 0. The lowest BCUT2D eigenvalue weighted by molar-refractivity contribution is -0.111. The van der Waals surface area contributed by atoms with Gasteiger partial charge in [-0.15, -0.1) is 0 Å². The van der Waals surface area contributed by atoms with Crippen molar-refractivity contribution >= 4 is 23.2 Å². The zero-order valence-corrected chi connectivity index (χ0v) is 14.1. The Morgan fingerprint density at radius 2 is 1.95 bits per heavy atom. The quantitative estimate of drug-likeness (QED) is 0.763. The highest BCUT2D eigenvalue weighted by molar-refractivity contribution is 7.87. The molecule has 0 spiro atoms. The van der Waals surface area contributed by atoms with Gasteiger partial charge in [0.05, 0.1) is 0 Å². The van der Waals surface area contributed by atoms with Crippen molar-refractivity contribution in [3.05, 3.63) is 0 Å². The largest absolute Gasteiger partial charge is 0.444 e. The molecular weight excluding hydrogens is 292 g/mol. The Labute approximate surface area is 129 Å². The molecule has 0 aromatic carbocycles. The molecule has 1 unspecified atom stereocenters. The zero-order valence-electron chi connectivity index (χ0n) is 13.3. The van der Waals surface area contributed by atoms with Crippen LogP contribution in [0.15, 0.2) is 0 Å². The summed E-state index contributed by atoms with van der Waals surface area (Å²) >= 11 is 0. The SMILES string of the molecule is CNCCS(=O)C1(C=O)CCN(C(=O)OC(C)(C)C)CC1. The van der Waals surface area contributed by atoms with Gasteiger partial charge in [0.25, 0.3) is 0 Å². The molecule has 1 atom stereocenters. The van der Waals surface area contributed by atoms with Crippen LogP contribution in [-0.4, -0.2) is 64.3 Å². The highest BCUT2D eigenvalue weighted by Crippen LogP contribution is 2.27. The number of ether oxygens (including phenoxy) is 1. The normalized spacial score (nSPS) is 19.9. The van der Waals surface area contributed by atoms with Gasteiger partial charge >= 0.3 is 6.09 Å². The van der Waals surface area contributed by atoms with Crippen molar-refractivity contribution in [1.82, 2.24) is 10.2 Å². The van der Waals surface area contributed by atoms with Crippen LogP contribution in [0.1, 0.15) is 33.6 Å². The minimum absolute atomic E-state index is 0.372. The molecule has 0 bridgehead atoms. The van der Waals surface area contributed by atoms with Crippen molar-refractivity contribution in [2.45, 2.75) is 44.0 Å². The summed E-state index contributed by atoms with van der Waals surface area (Å²) in [7, 11) is 0.566. The van der Waals surface area contributed by atoms with Gasteiger partial charge in [-0.25, -0.2) is 4.79 Å². The lowest BCUT2D eigenvalue weighted by Gasteiger charge is -2.38. The molecule has 1 N–H and O–H groups in total. The molecule has 1 saturated heterocycles. The number of carbonyl (C=O) groups excluding carboxylic acids is 2. The average Bonchev–Trinajstić information content (AvgIpc) is 2.42. The van der Waals surface area contributed by atoms with Gasteiger partial charge in [0.1, 0.15) is 16.6 Å². The number of rotatable bonds is 5. The van der Waals surface area contributed by atoms with E-state index in [-0.39, 0.29) is 6.09 Å². The van der Waals surface area contributed by atoms with Crippen LogP contribution < -0.4 is 5.32 Å². The first-order valence-electron chi connectivity index (χ1n) is 7.21. The number of nitrogens with zero attached hydrogens (tertiary/aromatic N) is 1.